The monoisotopic (exact) mass is 247 g/mol. The van der Waals surface area contributed by atoms with Gasteiger partial charge in [-0.05, 0) is 6.92 Å². The third kappa shape index (κ3) is 2.21. The lowest BCUT2D eigenvalue weighted by Crippen LogP contribution is -2.38. The van der Waals surface area contributed by atoms with Crippen LogP contribution in [0.25, 0.3) is 11.0 Å². The van der Waals surface area contributed by atoms with Crippen molar-refractivity contribution in [3.05, 3.63) is 18.2 Å². The highest BCUT2D eigenvalue weighted by molar-refractivity contribution is 5.76. The van der Waals surface area contributed by atoms with Crippen LogP contribution >= 0.6 is 0 Å². The van der Waals surface area contributed by atoms with Gasteiger partial charge in [-0.25, -0.2) is 14.6 Å². The van der Waals surface area contributed by atoms with Crippen LogP contribution in [0.4, 0.5) is 0 Å². The molecule has 3 rings (SSSR count). The fourth-order valence-corrected chi connectivity index (χ4v) is 2.23. The van der Waals surface area contributed by atoms with E-state index in [0.29, 0.717) is 0 Å². The standard InChI is InChI=1S/C12H17N5O/c1-10-11-8-15-17(12(11)14-9-13-10)3-2-16-4-6-18-7-5-16/h8-9H,2-7H2,1H3. The highest BCUT2D eigenvalue weighted by atomic mass is 16.5. The van der Waals surface area contributed by atoms with Gasteiger partial charge in [0, 0.05) is 19.6 Å². The predicted molar refractivity (Wildman–Crippen MR) is 67.3 cm³/mol. The largest absolute Gasteiger partial charge is 0.379 e. The van der Waals surface area contributed by atoms with Crippen molar-refractivity contribution in [2.45, 2.75) is 13.5 Å². The molecule has 2 aromatic rings. The molecule has 6 nitrogen and oxygen atoms in total. The van der Waals surface area contributed by atoms with Crippen LogP contribution in [-0.2, 0) is 11.3 Å². The molecule has 0 aromatic carbocycles. The lowest BCUT2D eigenvalue weighted by atomic mass is 10.3. The summed E-state index contributed by atoms with van der Waals surface area (Å²) >= 11 is 0. The summed E-state index contributed by atoms with van der Waals surface area (Å²) in [5.74, 6) is 0. The van der Waals surface area contributed by atoms with Gasteiger partial charge in [-0.2, -0.15) is 5.10 Å². The summed E-state index contributed by atoms with van der Waals surface area (Å²) in [5.41, 5.74) is 1.91. The Hall–Kier alpha value is -1.53. The molecule has 0 atom stereocenters. The maximum Gasteiger partial charge on any atom is 0.161 e. The minimum Gasteiger partial charge on any atom is -0.379 e. The summed E-state index contributed by atoms with van der Waals surface area (Å²) in [5, 5.41) is 5.44. The summed E-state index contributed by atoms with van der Waals surface area (Å²) in [7, 11) is 0. The molecule has 0 amide bonds. The van der Waals surface area contributed by atoms with Gasteiger partial charge in [0.05, 0.1) is 37.0 Å². The smallest absolute Gasteiger partial charge is 0.161 e. The maximum absolute atomic E-state index is 5.34. The Morgan fingerprint density at radius 3 is 2.89 bits per heavy atom. The number of ether oxygens (including phenoxy) is 1. The van der Waals surface area contributed by atoms with Crippen molar-refractivity contribution in [1.82, 2.24) is 24.6 Å². The van der Waals surface area contributed by atoms with Crippen LogP contribution in [0, 0.1) is 6.92 Å². The lowest BCUT2D eigenvalue weighted by Gasteiger charge is -2.26. The van der Waals surface area contributed by atoms with Crippen molar-refractivity contribution in [2.75, 3.05) is 32.8 Å². The molecule has 1 saturated heterocycles. The van der Waals surface area contributed by atoms with Gasteiger partial charge in [-0.3, -0.25) is 4.90 Å². The Labute approximate surface area is 106 Å². The predicted octanol–water partition coefficient (Wildman–Crippen LogP) is 0.467. The molecule has 0 bridgehead atoms. The minimum absolute atomic E-state index is 0.834. The molecule has 18 heavy (non-hydrogen) atoms. The van der Waals surface area contributed by atoms with Gasteiger partial charge in [0.2, 0.25) is 0 Å². The molecule has 0 saturated carbocycles. The van der Waals surface area contributed by atoms with E-state index in [2.05, 4.69) is 20.0 Å². The average Bonchev–Trinajstić information content (AvgIpc) is 2.82. The van der Waals surface area contributed by atoms with E-state index in [0.717, 1.165) is 56.1 Å². The first kappa shape index (κ1) is 11.6. The number of nitrogens with zero attached hydrogens (tertiary/aromatic N) is 5. The van der Waals surface area contributed by atoms with Crippen molar-refractivity contribution in [3.8, 4) is 0 Å². The van der Waals surface area contributed by atoms with Crippen LogP contribution in [0.15, 0.2) is 12.5 Å². The fourth-order valence-electron chi connectivity index (χ4n) is 2.23. The number of hydrogen-bond acceptors (Lipinski definition) is 5. The molecule has 1 aliphatic rings. The van der Waals surface area contributed by atoms with E-state index in [9.17, 15) is 0 Å². The molecule has 0 aliphatic carbocycles. The Bertz CT molecular complexity index is 532. The quantitative estimate of drug-likeness (QED) is 0.789. The molecule has 96 valence electrons. The zero-order chi connectivity index (χ0) is 12.4. The molecule has 0 N–H and O–H groups in total. The Morgan fingerprint density at radius 2 is 2.06 bits per heavy atom. The molecule has 1 aliphatic heterocycles. The SMILES string of the molecule is Cc1ncnc2c1cnn2CCN1CCOCC1. The van der Waals surface area contributed by atoms with Crippen molar-refractivity contribution in [2.24, 2.45) is 0 Å². The van der Waals surface area contributed by atoms with E-state index in [1.54, 1.807) is 6.33 Å². The van der Waals surface area contributed by atoms with E-state index in [4.69, 9.17) is 4.74 Å². The number of aromatic nitrogens is 4. The minimum atomic E-state index is 0.834. The van der Waals surface area contributed by atoms with Crippen LogP contribution in [0.1, 0.15) is 5.69 Å². The Balaban J connectivity index is 1.72. The number of rotatable bonds is 3. The van der Waals surface area contributed by atoms with Gasteiger partial charge in [0.1, 0.15) is 6.33 Å². The Kier molecular flexibility index (Phi) is 3.21. The highest BCUT2D eigenvalue weighted by Crippen LogP contribution is 2.12. The second-order valence-corrected chi connectivity index (χ2v) is 4.52. The number of aryl methyl sites for hydroxylation is 1. The van der Waals surface area contributed by atoms with E-state index < -0.39 is 0 Å². The van der Waals surface area contributed by atoms with Crippen molar-refractivity contribution < 1.29 is 4.74 Å². The van der Waals surface area contributed by atoms with Gasteiger partial charge < -0.3 is 4.74 Å². The molecular formula is C12H17N5O. The summed E-state index contributed by atoms with van der Waals surface area (Å²) in [6.07, 6.45) is 3.45. The number of morpholine rings is 1. The number of fused-ring (bicyclic) bond motifs is 1. The third-order valence-electron chi connectivity index (χ3n) is 3.36. The summed E-state index contributed by atoms with van der Waals surface area (Å²) in [6.45, 7) is 7.52. The Morgan fingerprint density at radius 1 is 1.22 bits per heavy atom. The average molecular weight is 247 g/mol. The zero-order valence-corrected chi connectivity index (χ0v) is 10.5. The van der Waals surface area contributed by atoms with Crippen LogP contribution in [-0.4, -0.2) is 57.5 Å². The highest BCUT2D eigenvalue weighted by Gasteiger charge is 2.12. The third-order valence-corrected chi connectivity index (χ3v) is 3.36. The molecule has 3 heterocycles. The maximum atomic E-state index is 5.34. The number of hydrogen-bond donors (Lipinski definition) is 0. The van der Waals surface area contributed by atoms with Gasteiger partial charge in [0.25, 0.3) is 0 Å². The summed E-state index contributed by atoms with van der Waals surface area (Å²) in [6, 6.07) is 0. The molecule has 2 aromatic heterocycles. The van der Waals surface area contributed by atoms with Crippen LogP contribution in [0.5, 0.6) is 0 Å². The van der Waals surface area contributed by atoms with Gasteiger partial charge >= 0.3 is 0 Å². The van der Waals surface area contributed by atoms with E-state index in [1.165, 1.54) is 0 Å². The van der Waals surface area contributed by atoms with Gasteiger partial charge in [-0.1, -0.05) is 0 Å². The van der Waals surface area contributed by atoms with E-state index >= 15 is 0 Å². The van der Waals surface area contributed by atoms with E-state index in [-0.39, 0.29) is 0 Å². The van der Waals surface area contributed by atoms with E-state index in [1.807, 2.05) is 17.8 Å². The molecule has 0 spiro atoms. The molecule has 0 radical (unpaired) electrons. The van der Waals surface area contributed by atoms with Crippen LogP contribution in [0.2, 0.25) is 0 Å². The zero-order valence-electron chi connectivity index (χ0n) is 10.5. The van der Waals surface area contributed by atoms with Crippen LogP contribution in [0.3, 0.4) is 0 Å². The van der Waals surface area contributed by atoms with Crippen LogP contribution < -0.4 is 0 Å². The molecule has 6 heteroatoms. The summed E-state index contributed by atoms with van der Waals surface area (Å²) < 4.78 is 7.30. The molecule has 0 unspecified atom stereocenters. The second-order valence-electron chi connectivity index (χ2n) is 4.52. The lowest BCUT2D eigenvalue weighted by molar-refractivity contribution is 0.0361. The normalized spacial score (nSPS) is 17.4. The first-order valence-corrected chi connectivity index (χ1v) is 6.28. The van der Waals surface area contributed by atoms with Crippen molar-refractivity contribution >= 4 is 11.0 Å². The van der Waals surface area contributed by atoms with Gasteiger partial charge in [-0.15, -0.1) is 0 Å². The van der Waals surface area contributed by atoms with Crippen molar-refractivity contribution in [1.29, 1.82) is 0 Å². The first-order chi connectivity index (χ1) is 8.84. The van der Waals surface area contributed by atoms with Gasteiger partial charge in [0.15, 0.2) is 5.65 Å². The second kappa shape index (κ2) is 4.99. The molecular weight excluding hydrogens is 230 g/mol. The van der Waals surface area contributed by atoms with Crippen molar-refractivity contribution in [3.63, 3.8) is 0 Å². The fraction of sp³-hybridized carbons (Fsp3) is 0.583. The summed E-state index contributed by atoms with van der Waals surface area (Å²) in [4.78, 5) is 10.9. The first-order valence-electron chi connectivity index (χ1n) is 6.28. The topological polar surface area (TPSA) is 56.1 Å². The molecule has 1 fully saturated rings.